The van der Waals surface area contributed by atoms with Crippen molar-refractivity contribution in [1.29, 1.82) is 5.26 Å². The van der Waals surface area contributed by atoms with Crippen molar-refractivity contribution in [3.63, 3.8) is 0 Å². The van der Waals surface area contributed by atoms with E-state index < -0.39 is 5.54 Å². The van der Waals surface area contributed by atoms with E-state index >= 15 is 0 Å². The zero-order chi connectivity index (χ0) is 15.6. The standard InChI is InChI=1S/C17H26N2O2/c1-4-19-17(14-18,16-9-7-6-8-10-16)11-12-21-15(3)13-20-5-2/h6-10,15,19H,4-5,11-13H2,1-3H3. The summed E-state index contributed by atoms with van der Waals surface area (Å²) in [7, 11) is 0. The van der Waals surface area contributed by atoms with E-state index in [9.17, 15) is 5.26 Å². The van der Waals surface area contributed by atoms with E-state index in [1.165, 1.54) is 0 Å². The van der Waals surface area contributed by atoms with Crippen LogP contribution in [0.25, 0.3) is 0 Å². The second-order valence-corrected chi connectivity index (χ2v) is 5.00. The van der Waals surface area contributed by atoms with E-state index in [1.807, 2.05) is 51.1 Å². The lowest BCUT2D eigenvalue weighted by Gasteiger charge is -2.28. The monoisotopic (exact) mass is 290 g/mol. The third kappa shape index (κ3) is 5.47. The van der Waals surface area contributed by atoms with Crippen LogP contribution in [0.5, 0.6) is 0 Å². The Hall–Kier alpha value is -1.41. The van der Waals surface area contributed by atoms with Gasteiger partial charge in [0.25, 0.3) is 0 Å². The first kappa shape index (κ1) is 17.6. The molecule has 0 amide bonds. The Kier molecular flexibility index (Phi) is 7.99. The summed E-state index contributed by atoms with van der Waals surface area (Å²) in [6.07, 6.45) is 0.649. The third-order valence-electron chi connectivity index (χ3n) is 3.37. The second-order valence-electron chi connectivity index (χ2n) is 5.00. The number of nitriles is 1. The topological polar surface area (TPSA) is 54.3 Å². The van der Waals surface area contributed by atoms with Crippen molar-refractivity contribution in [3.05, 3.63) is 35.9 Å². The van der Waals surface area contributed by atoms with E-state index in [-0.39, 0.29) is 6.10 Å². The summed E-state index contributed by atoms with van der Waals surface area (Å²) in [6, 6.07) is 12.3. The molecule has 0 spiro atoms. The molecule has 0 saturated carbocycles. The summed E-state index contributed by atoms with van der Waals surface area (Å²) < 4.78 is 11.1. The lowest BCUT2D eigenvalue weighted by molar-refractivity contribution is -0.00872. The van der Waals surface area contributed by atoms with Crippen LogP contribution in [0.4, 0.5) is 0 Å². The van der Waals surface area contributed by atoms with Crippen molar-refractivity contribution >= 4 is 0 Å². The van der Waals surface area contributed by atoms with Gasteiger partial charge in [-0.2, -0.15) is 5.26 Å². The maximum absolute atomic E-state index is 9.67. The molecule has 1 N–H and O–H groups in total. The van der Waals surface area contributed by atoms with Crippen molar-refractivity contribution < 1.29 is 9.47 Å². The van der Waals surface area contributed by atoms with Gasteiger partial charge in [-0.25, -0.2) is 0 Å². The number of hydrogen-bond donors (Lipinski definition) is 1. The first-order valence-electron chi connectivity index (χ1n) is 7.59. The molecule has 4 heteroatoms. The highest BCUT2D eigenvalue weighted by atomic mass is 16.5. The SMILES string of the molecule is CCNC(C#N)(CCOC(C)COCC)c1ccccc1. The summed E-state index contributed by atoms with van der Waals surface area (Å²) >= 11 is 0. The van der Waals surface area contributed by atoms with Crippen LogP contribution < -0.4 is 5.32 Å². The van der Waals surface area contributed by atoms with E-state index in [4.69, 9.17) is 9.47 Å². The van der Waals surface area contributed by atoms with Gasteiger partial charge >= 0.3 is 0 Å². The molecule has 0 aliphatic rings. The van der Waals surface area contributed by atoms with Gasteiger partial charge in [-0.3, -0.25) is 5.32 Å². The predicted molar refractivity (Wildman–Crippen MR) is 83.9 cm³/mol. The van der Waals surface area contributed by atoms with Crippen LogP contribution in [0.2, 0.25) is 0 Å². The molecule has 1 aromatic carbocycles. The van der Waals surface area contributed by atoms with Crippen molar-refractivity contribution in [2.45, 2.75) is 38.8 Å². The minimum atomic E-state index is -0.693. The Morgan fingerprint density at radius 2 is 2.00 bits per heavy atom. The fraction of sp³-hybridized carbons (Fsp3) is 0.588. The van der Waals surface area contributed by atoms with E-state index in [0.29, 0.717) is 26.2 Å². The molecule has 0 aliphatic heterocycles. The molecular formula is C17H26N2O2. The van der Waals surface area contributed by atoms with Gasteiger partial charge in [-0.05, 0) is 26.0 Å². The van der Waals surface area contributed by atoms with Gasteiger partial charge in [0.2, 0.25) is 0 Å². The molecule has 2 atom stereocenters. The van der Waals surface area contributed by atoms with Crippen LogP contribution in [-0.4, -0.2) is 32.5 Å². The Bertz CT molecular complexity index is 430. The maximum atomic E-state index is 9.67. The van der Waals surface area contributed by atoms with Crippen LogP contribution >= 0.6 is 0 Å². The highest BCUT2D eigenvalue weighted by molar-refractivity contribution is 5.31. The average Bonchev–Trinajstić information content (AvgIpc) is 2.53. The minimum absolute atomic E-state index is 0.0405. The van der Waals surface area contributed by atoms with Gasteiger partial charge in [0, 0.05) is 13.0 Å². The van der Waals surface area contributed by atoms with Crippen molar-refractivity contribution in [3.8, 4) is 6.07 Å². The van der Waals surface area contributed by atoms with Crippen LogP contribution in [0.3, 0.4) is 0 Å². The number of rotatable bonds is 10. The highest BCUT2D eigenvalue weighted by Crippen LogP contribution is 2.24. The molecule has 0 bridgehead atoms. The molecule has 1 aromatic rings. The summed E-state index contributed by atoms with van der Waals surface area (Å²) in [5.41, 5.74) is 0.289. The van der Waals surface area contributed by atoms with Crippen molar-refractivity contribution in [2.75, 3.05) is 26.4 Å². The summed E-state index contributed by atoms with van der Waals surface area (Å²) in [5.74, 6) is 0. The average molecular weight is 290 g/mol. The molecular weight excluding hydrogens is 264 g/mol. The first-order valence-corrected chi connectivity index (χ1v) is 7.59. The van der Waals surface area contributed by atoms with Gasteiger partial charge in [0.15, 0.2) is 0 Å². The number of nitrogens with one attached hydrogen (secondary N) is 1. The first-order chi connectivity index (χ1) is 10.2. The highest BCUT2D eigenvalue weighted by Gasteiger charge is 2.31. The zero-order valence-corrected chi connectivity index (χ0v) is 13.3. The number of ether oxygens (including phenoxy) is 2. The Morgan fingerprint density at radius 1 is 1.29 bits per heavy atom. The Labute approximate surface area is 128 Å². The molecule has 21 heavy (non-hydrogen) atoms. The van der Waals surface area contributed by atoms with E-state index in [0.717, 1.165) is 12.1 Å². The van der Waals surface area contributed by atoms with E-state index in [1.54, 1.807) is 0 Å². The Morgan fingerprint density at radius 3 is 2.57 bits per heavy atom. The molecule has 0 heterocycles. The molecule has 0 aliphatic carbocycles. The second kappa shape index (κ2) is 9.51. The molecule has 0 saturated heterocycles. The lowest BCUT2D eigenvalue weighted by Crippen LogP contribution is -2.42. The molecule has 0 radical (unpaired) electrons. The van der Waals surface area contributed by atoms with E-state index in [2.05, 4.69) is 11.4 Å². The number of nitrogens with zero attached hydrogens (tertiary/aromatic N) is 1. The van der Waals surface area contributed by atoms with Gasteiger partial charge < -0.3 is 9.47 Å². The molecule has 0 fully saturated rings. The predicted octanol–water partition coefficient (Wildman–Crippen LogP) is 2.85. The number of benzene rings is 1. The molecule has 1 rings (SSSR count). The van der Waals surface area contributed by atoms with Crippen LogP contribution in [0.1, 0.15) is 32.8 Å². The molecule has 0 aromatic heterocycles. The normalized spacial score (nSPS) is 15.1. The van der Waals surface area contributed by atoms with Crippen molar-refractivity contribution in [1.82, 2.24) is 5.32 Å². The summed E-state index contributed by atoms with van der Waals surface area (Å²) in [4.78, 5) is 0. The molecule has 2 unspecified atom stereocenters. The van der Waals surface area contributed by atoms with Gasteiger partial charge in [-0.15, -0.1) is 0 Å². The van der Waals surface area contributed by atoms with Crippen LogP contribution in [0.15, 0.2) is 30.3 Å². The van der Waals surface area contributed by atoms with Crippen LogP contribution in [-0.2, 0) is 15.0 Å². The van der Waals surface area contributed by atoms with Gasteiger partial charge in [-0.1, -0.05) is 37.3 Å². The van der Waals surface area contributed by atoms with Crippen LogP contribution in [0, 0.1) is 11.3 Å². The van der Waals surface area contributed by atoms with Gasteiger partial charge in [0.1, 0.15) is 5.54 Å². The summed E-state index contributed by atoms with van der Waals surface area (Å²) in [5, 5.41) is 13.0. The number of hydrogen-bond acceptors (Lipinski definition) is 4. The van der Waals surface area contributed by atoms with Crippen molar-refractivity contribution in [2.24, 2.45) is 0 Å². The Balaban J connectivity index is 2.65. The maximum Gasteiger partial charge on any atom is 0.134 e. The lowest BCUT2D eigenvalue weighted by atomic mass is 9.88. The fourth-order valence-corrected chi connectivity index (χ4v) is 2.26. The third-order valence-corrected chi connectivity index (χ3v) is 3.37. The zero-order valence-electron chi connectivity index (χ0n) is 13.3. The van der Waals surface area contributed by atoms with Gasteiger partial charge in [0.05, 0.1) is 25.4 Å². The summed E-state index contributed by atoms with van der Waals surface area (Å²) in [6.45, 7) is 8.49. The molecule has 116 valence electrons. The fourth-order valence-electron chi connectivity index (χ4n) is 2.26. The largest absolute Gasteiger partial charge is 0.379 e. The minimum Gasteiger partial charge on any atom is -0.379 e. The molecule has 4 nitrogen and oxygen atoms in total. The quantitative estimate of drug-likeness (QED) is 0.720. The smallest absolute Gasteiger partial charge is 0.134 e.